The first-order valence-corrected chi connectivity index (χ1v) is 3.44. The summed E-state index contributed by atoms with van der Waals surface area (Å²) in [6, 6.07) is 0. The molecule has 0 aromatic heterocycles. The third kappa shape index (κ3) is 135. The van der Waals surface area contributed by atoms with Crippen LogP contribution >= 0.6 is 0 Å². The molecule has 0 spiro atoms. The van der Waals surface area contributed by atoms with Gasteiger partial charge in [-0.1, -0.05) is 0 Å². The van der Waals surface area contributed by atoms with Crippen LogP contribution < -0.4 is 59.1 Å². The Bertz CT molecular complexity index is 68.7. The first kappa shape index (κ1) is 29.3. The zero-order valence-electron chi connectivity index (χ0n) is 6.24. The molecule has 0 radical (unpaired) electrons. The molecule has 10 heteroatoms. The van der Waals surface area contributed by atoms with Gasteiger partial charge in [0, 0.05) is 0 Å². The van der Waals surface area contributed by atoms with Crippen LogP contribution in [0.1, 0.15) is 1.43 Å². The molecule has 0 aliphatic rings. The monoisotopic (exact) mass is 209 g/mol. The summed E-state index contributed by atoms with van der Waals surface area (Å²) in [5.74, 6) is 0. The molecule has 0 atom stereocenters. The molecule has 0 aliphatic carbocycles. The Morgan fingerprint density at radius 2 is 1.30 bits per heavy atom. The molecule has 0 aromatic carbocycles. The van der Waals surface area contributed by atoms with Crippen molar-refractivity contribution in [3.8, 4) is 0 Å². The fourth-order valence-electron chi connectivity index (χ4n) is 0. The maximum absolute atomic E-state index is 8.74. The summed E-state index contributed by atoms with van der Waals surface area (Å²) in [4.78, 5) is 14.3. The van der Waals surface area contributed by atoms with Crippen LogP contribution in [-0.4, -0.2) is 68.0 Å². The predicted octanol–water partition coefficient (Wildman–Crippen LogP) is -9.20. The maximum atomic E-state index is 8.74. The zero-order valence-corrected chi connectivity index (χ0v) is 11.4. The van der Waals surface area contributed by atoms with Crippen LogP contribution in [0.15, 0.2) is 0 Å². The first-order valence-electron chi connectivity index (χ1n) is 1.15. The van der Waals surface area contributed by atoms with Gasteiger partial charge < -0.3 is 9.59 Å². The van der Waals surface area contributed by atoms with E-state index in [0.717, 1.165) is 0 Å². The second-order valence-electron chi connectivity index (χ2n) is 0.388. The van der Waals surface area contributed by atoms with Crippen LogP contribution in [0.5, 0.6) is 0 Å². The van der Waals surface area contributed by atoms with Crippen LogP contribution in [0.2, 0.25) is 0 Å². The van der Waals surface area contributed by atoms with E-state index >= 15 is 0 Å². The standard InChI is InChI=1S/Al.3Na.H2O3Si.H2O.O.H/c;;;;1-4(2)3;;;/h;;;;1-2H;1H2;;/q+1;;2*+1;;;;. The van der Waals surface area contributed by atoms with Gasteiger partial charge in [-0.15, -0.1) is 0 Å². The van der Waals surface area contributed by atoms with Crippen LogP contribution in [0.3, 0.4) is 0 Å². The van der Waals surface area contributed by atoms with E-state index in [1.807, 2.05) is 0 Å². The fraction of sp³-hybridized carbons (Fsp3) is 0. The summed E-state index contributed by atoms with van der Waals surface area (Å²) < 4.78 is 24.4. The average Bonchev–Trinajstić information content (AvgIpc) is 1.33. The molecule has 0 amide bonds. The molecule has 0 saturated carbocycles. The summed E-state index contributed by atoms with van der Waals surface area (Å²) in [7, 11) is -3.13. The van der Waals surface area contributed by atoms with Gasteiger partial charge in [-0.2, -0.15) is 0 Å². The van der Waals surface area contributed by atoms with Crippen LogP contribution in [0.4, 0.5) is 0 Å². The molecule has 0 aromatic rings. The van der Waals surface area contributed by atoms with Crippen molar-refractivity contribution in [3.05, 3.63) is 0 Å². The van der Waals surface area contributed by atoms with Gasteiger partial charge in [0.25, 0.3) is 0 Å². The molecule has 10 heavy (non-hydrogen) atoms. The third-order valence-corrected chi connectivity index (χ3v) is 0. The molecule has 0 rings (SSSR count). The summed E-state index contributed by atoms with van der Waals surface area (Å²) >= 11 is -1.50. The molecule has 0 bridgehead atoms. The van der Waals surface area contributed by atoms with E-state index < -0.39 is 24.7 Å². The van der Waals surface area contributed by atoms with E-state index in [2.05, 4.69) is 0 Å². The van der Waals surface area contributed by atoms with Gasteiger partial charge in [-0.25, -0.2) is 0 Å². The van der Waals surface area contributed by atoms with Crippen molar-refractivity contribution in [2.24, 2.45) is 0 Å². The Kier molecular flexibility index (Phi) is 87.3. The first-order chi connectivity index (χ1) is 3.15. The molecule has 3 N–H and O–H groups in total. The van der Waals surface area contributed by atoms with E-state index in [1.165, 1.54) is 0 Å². The zero-order chi connectivity index (χ0) is 6.28. The van der Waals surface area contributed by atoms with Crippen molar-refractivity contribution >= 4 is 54.2 Å². The minimum atomic E-state index is -3.13. The van der Waals surface area contributed by atoms with E-state index in [9.17, 15) is 0 Å². The van der Waals surface area contributed by atoms with Crippen LogP contribution in [0, 0.1) is 0 Å². The molecule has 5 nitrogen and oxygen atoms in total. The van der Waals surface area contributed by atoms with Crippen molar-refractivity contribution in [2.75, 3.05) is 0 Å². The molecule has 0 saturated heterocycles. The molecular formula is H5AlNa3O5Si+3. The molecule has 0 aliphatic heterocycles. The Hall–Kier alpha value is 2.75. The molecule has 0 fully saturated rings. The number of hydrogen-bond acceptors (Lipinski definition) is 2. The summed E-state index contributed by atoms with van der Waals surface area (Å²) in [6.07, 6.45) is 0. The second kappa shape index (κ2) is 29.8. The van der Waals surface area contributed by atoms with Gasteiger partial charge in [0.2, 0.25) is 0 Å². The SMILES string of the molecule is O=[Si](O)O.[H+].[Na+].[Na+].[NaH].[O]=[Al][OH]. The molecule has 42 valence electrons. The van der Waals surface area contributed by atoms with Gasteiger partial charge in [-0.3, -0.25) is 4.46 Å². The number of rotatable bonds is 0. The van der Waals surface area contributed by atoms with Crippen molar-refractivity contribution in [3.63, 3.8) is 0 Å². The van der Waals surface area contributed by atoms with Crippen molar-refractivity contribution in [1.82, 2.24) is 0 Å². The van der Waals surface area contributed by atoms with Crippen LogP contribution in [-0.2, 0) is 8.27 Å². The van der Waals surface area contributed by atoms with Crippen molar-refractivity contribution < 1.29 is 82.6 Å². The Balaban J connectivity index is -0.00000000848. The summed E-state index contributed by atoms with van der Waals surface area (Å²) in [5, 5.41) is 0. The van der Waals surface area contributed by atoms with Gasteiger partial charge in [-0.05, 0) is 0 Å². The van der Waals surface area contributed by atoms with E-state index in [1.54, 1.807) is 0 Å². The van der Waals surface area contributed by atoms with E-state index in [4.69, 9.17) is 22.0 Å². The summed E-state index contributed by atoms with van der Waals surface area (Å²) in [6.45, 7) is 0. The average molecular weight is 209 g/mol. The van der Waals surface area contributed by atoms with Gasteiger partial charge in [0.05, 0.1) is 0 Å². The van der Waals surface area contributed by atoms with E-state index in [0.29, 0.717) is 0 Å². The molecule has 0 heterocycles. The summed E-state index contributed by atoms with van der Waals surface area (Å²) in [5.41, 5.74) is 0. The predicted molar refractivity (Wildman–Crippen MR) is 27.8 cm³/mol. The van der Waals surface area contributed by atoms with Gasteiger partial charge >= 0.3 is 123 Å². The quantitative estimate of drug-likeness (QED) is 0.344. The second-order valence-corrected chi connectivity index (χ2v) is 1.16. The third-order valence-electron chi connectivity index (χ3n) is 0. The van der Waals surface area contributed by atoms with E-state index in [-0.39, 0.29) is 90.1 Å². The van der Waals surface area contributed by atoms with Gasteiger partial charge in [0.1, 0.15) is 0 Å². The van der Waals surface area contributed by atoms with Crippen molar-refractivity contribution in [2.45, 2.75) is 0 Å². The minimum absolute atomic E-state index is 0. The Morgan fingerprint density at radius 1 is 1.30 bits per heavy atom. The topological polar surface area (TPSA) is 94.8 Å². The molecule has 0 unspecified atom stereocenters. The Morgan fingerprint density at radius 3 is 1.30 bits per heavy atom. The normalized spacial score (nSPS) is 3.20. The number of hydrogen-bond donors (Lipinski definition) is 3. The van der Waals surface area contributed by atoms with Crippen LogP contribution in [0.25, 0.3) is 0 Å². The Labute approximate surface area is 134 Å². The molecular weight excluding hydrogens is 204 g/mol. The van der Waals surface area contributed by atoms with Gasteiger partial charge in [0.15, 0.2) is 0 Å². The fourth-order valence-corrected chi connectivity index (χ4v) is 0. The van der Waals surface area contributed by atoms with Crippen molar-refractivity contribution in [1.29, 1.82) is 0 Å².